The summed E-state index contributed by atoms with van der Waals surface area (Å²) in [7, 11) is 0. The predicted molar refractivity (Wildman–Crippen MR) is 98.6 cm³/mol. The van der Waals surface area contributed by atoms with Gasteiger partial charge in [0, 0.05) is 44.0 Å². The van der Waals surface area contributed by atoms with Crippen LogP contribution >= 0.6 is 11.3 Å². The fourth-order valence-corrected chi connectivity index (χ4v) is 3.91. The molecule has 3 rings (SSSR count). The molecule has 2 aromatic heterocycles. The molecule has 1 aliphatic rings. The van der Waals surface area contributed by atoms with E-state index in [4.69, 9.17) is 0 Å². The number of hydrogen-bond acceptors (Lipinski definition) is 6. The number of rotatable bonds is 6. The van der Waals surface area contributed by atoms with E-state index in [-0.39, 0.29) is 5.91 Å². The highest BCUT2D eigenvalue weighted by Crippen LogP contribution is 2.28. The van der Waals surface area contributed by atoms with E-state index >= 15 is 0 Å². The first-order chi connectivity index (χ1) is 11.7. The summed E-state index contributed by atoms with van der Waals surface area (Å²) >= 11 is 1.71. The molecule has 3 heterocycles. The Morgan fingerprint density at radius 1 is 1.25 bits per heavy atom. The molecule has 2 aromatic rings. The molecule has 1 saturated heterocycles. The second-order valence-electron chi connectivity index (χ2n) is 6.00. The van der Waals surface area contributed by atoms with Gasteiger partial charge in [0.25, 0.3) is 0 Å². The smallest absolute Gasteiger partial charge is 0.224 e. The molecule has 0 spiro atoms. The first-order valence-electron chi connectivity index (χ1n) is 8.68. The van der Waals surface area contributed by atoms with E-state index < -0.39 is 0 Å². The second kappa shape index (κ2) is 7.90. The van der Waals surface area contributed by atoms with Crippen molar-refractivity contribution < 1.29 is 4.79 Å². The lowest BCUT2D eigenvalue weighted by atomic mass is 10.2. The molecule has 1 amide bonds. The van der Waals surface area contributed by atoms with Gasteiger partial charge in [0.05, 0.1) is 5.39 Å². The number of fused-ring (bicyclic) bond motifs is 1. The van der Waals surface area contributed by atoms with E-state index in [1.165, 1.54) is 4.88 Å². The van der Waals surface area contributed by atoms with Gasteiger partial charge >= 0.3 is 0 Å². The van der Waals surface area contributed by atoms with Crippen LogP contribution in [0.2, 0.25) is 0 Å². The lowest BCUT2D eigenvalue weighted by Crippen LogP contribution is -2.48. The number of likely N-dealkylation sites (N-methyl/N-ethyl adjacent to an activating group) is 1. The van der Waals surface area contributed by atoms with Gasteiger partial charge in [0.1, 0.15) is 17.0 Å². The highest BCUT2D eigenvalue weighted by atomic mass is 32.1. The molecule has 0 saturated carbocycles. The van der Waals surface area contributed by atoms with Crippen LogP contribution in [0.3, 0.4) is 0 Å². The van der Waals surface area contributed by atoms with Crippen LogP contribution in [0, 0.1) is 0 Å². The molecular formula is C17H25N5OS. The molecule has 0 aromatic carbocycles. The Kier molecular flexibility index (Phi) is 5.63. The highest BCUT2D eigenvalue weighted by molar-refractivity contribution is 7.18. The van der Waals surface area contributed by atoms with Gasteiger partial charge in [-0.3, -0.25) is 4.79 Å². The monoisotopic (exact) mass is 347 g/mol. The highest BCUT2D eigenvalue weighted by Gasteiger charge is 2.19. The Hall–Kier alpha value is -1.73. The van der Waals surface area contributed by atoms with Gasteiger partial charge in [0.15, 0.2) is 0 Å². The zero-order valence-corrected chi connectivity index (χ0v) is 15.2. The second-order valence-corrected chi connectivity index (χ2v) is 7.11. The van der Waals surface area contributed by atoms with E-state index in [9.17, 15) is 4.79 Å². The van der Waals surface area contributed by atoms with Crippen LogP contribution in [0.25, 0.3) is 10.2 Å². The number of aryl methyl sites for hydroxylation is 1. The molecule has 1 N–H and O–H groups in total. The average molecular weight is 347 g/mol. The molecule has 0 bridgehead atoms. The molecule has 1 aliphatic heterocycles. The number of hydrogen-bond donors (Lipinski definition) is 1. The van der Waals surface area contributed by atoms with Crippen LogP contribution in [0.1, 0.15) is 25.1 Å². The van der Waals surface area contributed by atoms with Crippen LogP contribution in [-0.2, 0) is 11.2 Å². The topological polar surface area (TPSA) is 61.4 Å². The normalized spacial score (nSPS) is 15.8. The van der Waals surface area contributed by atoms with Gasteiger partial charge in [-0.05, 0) is 19.0 Å². The number of amides is 1. The third-order valence-electron chi connectivity index (χ3n) is 4.53. The number of piperazine rings is 1. The van der Waals surface area contributed by atoms with E-state index in [1.807, 2.05) is 4.90 Å². The maximum absolute atomic E-state index is 12.3. The summed E-state index contributed by atoms with van der Waals surface area (Å²) < 4.78 is 0. The molecule has 0 radical (unpaired) electrons. The maximum Gasteiger partial charge on any atom is 0.224 e. The number of nitrogens with zero attached hydrogens (tertiary/aromatic N) is 4. The van der Waals surface area contributed by atoms with Crippen LogP contribution in [0.15, 0.2) is 12.4 Å². The van der Waals surface area contributed by atoms with Crippen LogP contribution < -0.4 is 5.32 Å². The van der Waals surface area contributed by atoms with Crippen LogP contribution in [0.4, 0.5) is 5.82 Å². The third-order valence-corrected chi connectivity index (χ3v) is 5.72. The standard InChI is InChI=1S/C17H25N5OS/c1-3-13-11-14-16(19-12-20-17(14)24-13)18-6-5-15(23)22-9-7-21(4-2)8-10-22/h11-12H,3-10H2,1-2H3,(H,18,19,20). The first kappa shape index (κ1) is 17.1. The molecule has 7 heteroatoms. The molecule has 1 fully saturated rings. The SMILES string of the molecule is CCc1cc2c(NCCC(=O)N3CCN(CC)CC3)ncnc2s1. The number of carbonyl (C=O) groups is 1. The summed E-state index contributed by atoms with van der Waals surface area (Å²) in [5, 5.41) is 4.37. The predicted octanol–water partition coefficient (Wildman–Crippen LogP) is 2.22. The molecular weight excluding hydrogens is 322 g/mol. The van der Waals surface area contributed by atoms with Crippen LogP contribution in [0.5, 0.6) is 0 Å². The zero-order valence-electron chi connectivity index (χ0n) is 14.4. The maximum atomic E-state index is 12.3. The summed E-state index contributed by atoms with van der Waals surface area (Å²) in [5.74, 6) is 1.06. The summed E-state index contributed by atoms with van der Waals surface area (Å²) in [4.78, 5) is 27.7. The number of carbonyl (C=O) groups excluding carboxylic acids is 1. The van der Waals surface area contributed by atoms with Crippen molar-refractivity contribution in [3.8, 4) is 0 Å². The Labute approximate surface area is 146 Å². The first-order valence-corrected chi connectivity index (χ1v) is 9.50. The largest absolute Gasteiger partial charge is 0.369 e. The van der Waals surface area contributed by atoms with Gasteiger partial charge in [-0.2, -0.15) is 0 Å². The Bertz CT molecular complexity index is 693. The van der Waals surface area contributed by atoms with Crippen molar-refractivity contribution in [2.24, 2.45) is 0 Å². The molecule has 0 unspecified atom stereocenters. The van der Waals surface area contributed by atoms with Crippen molar-refractivity contribution in [1.29, 1.82) is 0 Å². The minimum Gasteiger partial charge on any atom is -0.369 e. The molecule has 0 aliphatic carbocycles. The van der Waals surface area contributed by atoms with Crippen molar-refractivity contribution in [1.82, 2.24) is 19.8 Å². The molecule has 6 nitrogen and oxygen atoms in total. The summed E-state index contributed by atoms with van der Waals surface area (Å²) in [5.41, 5.74) is 0. The van der Waals surface area contributed by atoms with Gasteiger partial charge in [-0.1, -0.05) is 13.8 Å². The van der Waals surface area contributed by atoms with E-state index in [0.717, 1.165) is 55.2 Å². The Morgan fingerprint density at radius 3 is 2.75 bits per heavy atom. The quantitative estimate of drug-likeness (QED) is 0.868. The number of thiophene rings is 1. The van der Waals surface area contributed by atoms with Crippen molar-refractivity contribution in [3.63, 3.8) is 0 Å². The Balaban J connectivity index is 1.53. The van der Waals surface area contributed by atoms with Gasteiger partial charge in [-0.25, -0.2) is 9.97 Å². The summed E-state index contributed by atoms with van der Waals surface area (Å²) in [6, 6.07) is 2.15. The summed E-state index contributed by atoms with van der Waals surface area (Å²) in [6.45, 7) is 9.63. The van der Waals surface area contributed by atoms with Crippen molar-refractivity contribution in [3.05, 3.63) is 17.3 Å². The third kappa shape index (κ3) is 3.84. The van der Waals surface area contributed by atoms with Crippen LogP contribution in [-0.4, -0.2) is 64.9 Å². The van der Waals surface area contributed by atoms with E-state index in [0.29, 0.717) is 13.0 Å². The minimum atomic E-state index is 0.225. The minimum absolute atomic E-state index is 0.225. The molecule has 130 valence electrons. The van der Waals surface area contributed by atoms with Gasteiger partial charge in [0.2, 0.25) is 5.91 Å². The van der Waals surface area contributed by atoms with Gasteiger partial charge < -0.3 is 15.1 Å². The fourth-order valence-electron chi connectivity index (χ4n) is 2.98. The fraction of sp³-hybridized carbons (Fsp3) is 0.588. The lowest BCUT2D eigenvalue weighted by Gasteiger charge is -2.34. The van der Waals surface area contributed by atoms with Gasteiger partial charge in [-0.15, -0.1) is 11.3 Å². The molecule has 0 atom stereocenters. The zero-order chi connectivity index (χ0) is 16.9. The number of anilines is 1. The number of aromatic nitrogens is 2. The van der Waals surface area contributed by atoms with Crippen molar-refractivity contribution in [2.45, 2.75) is 26.7 Å². The van der Waals surface area contributed by atoms with E-state index in [2.05, 4.69) is 40.1 Å². The average Bonchev–Trinajstić information content (AvgIpc) is 3.06. The van der Waals surface area contributed by atoms with Crippen molar-refractivity contribution >= 4 is 33.3 Å². The molecule has 24 heavy (non-hydrogen) atoms. The van der Waals surface area contributed by atoms with Crippen molar-refractivity contribution in [2.75, 3.05) is 44.6 Å². The number of nitrogens with one attached hydrogen (secondary N) is 1. The van der Waals surface area contributed by atoms with E-state index in [1.54, 1.807) is 17.7 Å². The summed E-state index contributed by atoms with van der Waals surface area (Å²) in [6.07, 6.45) is 3.09. The Morgan fingerprint density at radius 2 is 2.04 bits per heavy atom. The lowest BCUT2D eigenvalue weighted by molar-refractivity contribution is -0.132.